The molecule has 1 aliphatic rings. The standard InChI is InChI=1S/C21H20ClNO4/c1-12-4-5-15-14(8-20(24)27-21(15)13(12)2)11-23-17-10-19-18(9-16(17)22)25-6-3-7-26-19/h4-5,8-10,23H,3,6-7,11H2,1-2H3. The second-order valence-electron chi connectivity index (χ2n) is 6.66. The van der Waals surface area contributed by atoms with Gasteiger partial charge in [0.2, 0.25) is 0 Å². The van der Waals surface area contributed by atoms with Gasteiger partial charge in [0.15, 0.2) is 11.5 Å². The Bertz CT molecular complexity index is 1070. The van der Waals surface area contributed by atoms with Crippen LogP contribution < -0.4 is 20.4 Å². The van der Waals surface area contributed by atoms with Crippen molar-refractivity contribution in [3.8, 4) is 11.5 Å². The van der Waals surface area contributed by atoms with E-state index in [0.29, 0.717) is 41.9 Å². The van der Waals surface area contributed by atoms with E-state index >= 15 is 0 Å². The first kappa shape index (κ1) is 17.7. The van der Waals surface area contributed by atoms with E-state index in [1.807, 2.05) is 32.0 Å². The van der Waals surface area contributed by atoms with E-state index < -0.39 is 0 Å². The number of aryl methyl sites for hydroxylation is 2. The maximum atomic E-state index is 12.0. The Morgan fingerprint density at radius 1 is 1.07 bits per heavy atom. The van der Waals surface area contributed by atoms with Crippen molar-refractivity contribution >= 4 is 28.3 Å². The summed E-state index contributed by atoms with van der Waals surface area (Å²) in [4.78, 5) is 12.0. The highest BCUT2D eigenvalue weighted by atomic mass is 35.5. The molecule has 1 N–H and O–H groups in total. The summed E-state index contributed by atoms with van der Waals surface area (Å²) in [7, 11) is 0. The van der Waals surface area contributed by atoms with Crippen molar-refractivity contribution < 1.29 is 13.9 Å². The molecule has 1 aromatic heterocycles. The molecule has 0 saturated carbocycles. The predicted octanol–water partition coefficient (Wildman–Crippen LogP) is 4.84. The number of benzene rings is 2. The molecule has 0 spiro atoms. The average Bonchev–Trinajstić information content (AvgIpc) is 2.87. The molecule has 1 aliphatic heterocycles. The number of hydrogen-bond donors (Lipinski definition) is 1. The first-order chi connectivity index (χ1) is 13.0. The SMILES string of the molecule is Cc1ccc2c(CNc3cc4c(cc3Cl)OCCCO4)cc(=O)oc2c1C. The molecule has 0 aliphatic carbocycles. The summed E-state index contributed by atoms with van der Waals surface area (Å²) < 4.78 is 16.8. The van der Waals surface area contributed by atoms with E-state index in [4.69, 9.17) is 25.5 Å². The lowest BCUT2D eigenvalue weighted by atomic mass is 10.0. The fourth-order valence-electron chi connectivity index (χ4n) is 3.18. The molecule has 5 nitrogen and oxygen atoms in total. The van der Waals surface area contributed by atoms with Gasteiger partial charge in [-0.15, -0.1) is 0 Å². The Labute approximate surface area is 161 Å². The molecule has 0 amide bonds. The third kappa shape index (κ3) is 3.47. The monoisotopic (exact) mass is 385 g/mol. The highest BCUT2D eigenvalue weighted by Crippen LogP contribution is 2.38. The van der Waals surface area contributed by atoms with Crippen molar-refractivity contribution in [2.24, 2.45) is 0 Å². The summed E-state index contributed by atoms with van der Waals surface area (Å²) in [5.41, 5.74) is 3.90. The number of rotatable bonds is 3. The lowest BCUT2D eigenvalue weighted by Gasteiger charge is -2.14. The molecule has 2 heterocycles. The summed E-state index contributed by atoms with van der Waals surface area (Å²) in [5.74, 6) is 1.32. The van der Waals surface area contributed by atoms with Gasteiger partial charge in [0.25, 0.3) is 0 Å². The van der Waals surface area contributed by atoms with Crippen LogP contribution in [0.1, 0.15) is 23.1 Å². The molecular weight excluding hydrogens is 366 g/mol. The van der Waals surface area contributed by atoms with Gasteiger partial charge < -0.3 is 19.2 Å². The summed E-state index contributed by atoms with van der Waals surface area (Å²) in [6.07, 6.45) is 0.833. The zero-order chi connectivity index (χ0) is 19.0. The topological polar surface area (TPSA) is 60.7 Å². The van der Waals surface area contributed by atoms with Gasteiger partial charge in [0.1, 0.15) is 5.58 Å². The molecule has 0 fully saturated rings. The van der Waals surface area contributed by atoms with Crippen molar-refractivity contribution in [1.82, 2.24) is 0 Å². The minimum Gasteiger partial charge on any atom is -0.490 e. The van der Waals surface area contributed by atoms with Crippen molar-refractivity contribution in [2.75, 3.05) is 18.5 Å². The van der Waals surface area contributed by atoms with Gasteiger partial charge in [0.05, 0.1) is 23.9 Å². The normalized spacial score (nSPS) is 13.4. The second-order valence-corrected chi connectivity index (χ2v) is 7.06. The molecule has 6 heteroatoms. The minimum atomic E-state index is -0.363. The number of hydrogen-bond acceptors (Lipinski definition) is 5. The minimum absolute atomic E-state index is 0.363. The van der Waals surface area contributed by atoms with Crippen LogP contribution >= 0.6 is 11.6 Å². The first-order valence-electron chi connectivity index (χ1n) is 8.89. The van der Waals surface area contributed by atoms with Gasteiger partial charge in [-0.25, -0.2) is 4.79 Å². The highest BCUT2D eigenvalue weighted by molar-refractivity contribution is 6.33. The van der Waals surface area contributed by atoms with Crippen LogP contribution in [0.3, 0.4) is 0 Å². The number of ether oxygens (including phenoxy) is 2. The maximum Gasteiger partial charge on any atom is 0.336 e. The van der Waals surface area contributed by atoms with Crippen LogP contribution in [0.4, 0.5) is 5.69 Å². The van der Waals surface area contributed by atoms with Crippen LogP contribution in [-0.2, 0) is 6.54 Å². The van der Waals surface area contributed by atoms with Crippen LogP contribution in [0, 0.1) is 13.8 Å². The molecule has 27 heavy (non-hydrogen) atoms. The van der Waals surface area contributed by atoms with E-state index in [1.54, 1.807) is 6.07 Å². The maximum absolute atomic E-state index is 12.0. The third-order valence-electron chi connectivity index (χ3n) is 4.82. The molecule has 0 saturated heterocycles. The molecule has 0 radical (unpaired) electrons. The van der Waals surface area contributed by atoms with Crippen molar-refractivity contribution in [3.63, 3.8) is 0 Å². The second kappa shape index (κ2) is 7.16. The fourth-order valence-corrected chi connectivity index (χ4v) is 3.40. The quantitative estimate of drug-likeness (QED) is 0.654. The Morgan fingerprint density at radius 3 is 2.59 bits per heavy atom. The number of nitrogens with one attached hydrogen (secondary N) is 1. The molecule has 0 bridgehead atoms. The van der Waals surface area contributed by atoms with Gasteiger partial charge in [-0.2, -0.15) is 0 Å². The van der Waals surface area contributed by atoms with E-state index in [2.05, 4.69) is 5.32 Å². The zero-order valence-electron chi connectivity index (χ0n) is 15.2. The molecule has 2 aromatic carbocycles. The summed E-state index contributed by atoms with van der Waals surface area (Å²) in [6.45, 7) is 5.61. The first-order valence-corrected chi connectivity index (χ1v) is 9.26. The van der Waals surface area contributed by atoms with Gasteiger partial charge in [0, 0.05) is 36.6 Å². The van der Waals surface area contributed by atoms with E-state index in [-0.39, 0.29) is 5.63 Å². The third-order valence-corrected chi connectivity index (χ3v) is 5.14. The smallest absolute Gasteiger partial charge is 0.336 e. The number of anilines is 1. The van der Waals surface area contributed by atoms with Crippen molar-refractivity contribution in [2.45, 2.75) is 26.8 Å². The largest absolute Gasteiger partial charge is 0.490 e. The van der Waals surface area contributed by atoms with E-state index in [1.165, 1.54) is 6.07 Å². The Hall–Kier alpha value is -2.66. The lowest BCUT2D eigenvalue weighted by molar-refractivity contribution is 0.297. The molecule has 4 rings (SSSR count). The number of fused-ring (bicyclic) bond motifs is 2. The summed E-state index contributed by atoms with van der Waals surface area (Å²) in [5, 5.41) is 4.76. The van der Waals surface area contributed by atoms with Crippen molar-refractivity contribution in [3.05, 3.63) is 62.5 Å². The van der Waals surface area contributed by atoms with Gasteiger partial charge in [-0.05, 0) is 30.5 Å². The molecule has 140 valence electrons. The van der Waals surface area contributed by atoms with E-state index in [9.17, 15) is 4.79 Å². The summed E-state index contributed by atoms with van der Waals surface area (Å²) in [6, 6.07) is 9.12. The molecule has 0 atom stereocenters. The molecular formula is C21H20ClNO4. The van der Waals surface area contributed by atoms with Crippen LogP contribution in [0.5, 0.6) is 11.5 Å². The molecule has 0 unspecified atom stereocenters. The van der Waals surface area contributed by atoms with Gasteiger partial charge >= 0.3 is 5.63 Å². The average molecular weight is 386 g/mol. The van der Waals surface area contributed by atoms with Crippen LogP contribution in [0.2, 0.25) is 5.02 Å². The lowest BCUT2D eigenvalue weighted by Crippen LogP contribution is -2.07. The van der Waals surface area contributed by atoms with Gasteiger partial charge in [-0.1, -0.05) is 23.7 Å². The zero-order valence-corrected chi connectivity index (χ0v) is 16.0. The van der Waals surface area contributed by atoms with E-state index in [0.717, 1.165) is 34.2 Å². The Balaban J connectivity index is 1.67. The Kier molecular flexibility index (Phi) is 4.70. The van der Waals surface area contributed by atoms with Crippen molar-refractivity contribution in [1.29, 1.82) is 0 Å². The van der Waals surface area contributed by atoms with Crippen LogP contribution in [0.15, 0.2) is 39.5 Å². The predicted molar refractivity (Wildman–Crippen MR) is 106 cm³/mol. The fraction of sp³-hybridized carbons (Fsp3) is 0.286. The van der Waals surface area contributed by atoms with Crippen LogP contribution in [-0.4, -0.2) is 13.2 Å². The number of halogens is 1. The molecule has 3 aromatic rings. The summed E-state index contributed by atoms with van der Waals surface area (Å²) >= 11 is 6.40. The van der Waals surface area contributed by atoms with Crippen LogP contribution in [0.25, 0.3) is 11.0 Å². The highest BCUT2D eigenvalue weighted by Gasteiger charge is 2.15. The Morgan fingerprint density at radius 2 is 1.81 bits per heavy atom. The van der Waals surface area contributed by atoms with Gasteiger partial charge in [-0.3, -0.25) is 0 Å².